The molecule has 0 amide bonds. The standard InChI is InChI=1S/C7H16Cl2N2O3P/c8-2-4-10-15(13)11(5-3-9)7(12)1-6-14-15/h7,10,12-13H,1-6H2/q+1. The SMILES string of the molecule is OC1CCO[P+](O)(NCCCl)N1CCCl. The molecule has 0 spiro atoms. The second-order valence-corrected chi connectivity index (χ2v) is 6.03. The maximum Gasteiger partial charge on any atom is 0.433 e. The van der Waals surface area contributed by atoms with Crippen LogP contribution in [0, 0.1) is 0 Å². The minimum absolute atomic E-state index is 0.325. The Balaban J connectivity index is 2.63. The topological polar surface area (TPSA) is 65.0 Å². The first-order chi connectivity index (χ1) is 7.14. The third-order valence-electron chi connectivity index (χ3n) is 2.07. The Hall–Kier alpha value is 0.810. The van der Waals surface area contributed by atoms with Crippen molar-refractivity contribution in [3.8, 4) is 0 Å². The van der Waals surface area contributed by atoms with E-state index in [2.05, 4.69) is 5.09 Å². The second-order valence-electron chi connectivity index (χ2n) is 3.10. The molecule has 1 rings (SSSR count). The first kappa shape index (κ1) is 13.9. The maximum absolute atomic E-state index is 10.2. The molecule has 0 bridgehead atoms. The van der Waals surface area contributed by atoms with Crippen LogP contribution in [0.5, 0.6) is 0 Å². The first-order valence-corrected chi connectivity index (χ1v) is 7.41. The van der Waals surface area contributed by atoms with Gasteiger partial charge in [0.15, 0.2) is 0 Å². The van der Waals surface area contributed by atoms with Crippen LogP contribution in [-0.2, 0) is 4.52 Å². The molecular formula is C7H16Cl2N2O3P+. The van der Waals surface area contributed by atoms with Crippen LogP contribution in [-0.4, -0.2) is 52.4 Å². The van der Waals surface area contributed by atoms with Gasteiger partial charge in [0.25, 0.3) is 0 Å². The van der Waals surface area contributed by atoms with Crippen LogP contribution in [0.1, 0.15) is 6.42 Å². The highest BCUT2D eigenvalue weighted by Gasteiger charge is 2.52. The predicted molar refractivity (Wildman–Crippen MR) is 61.9 cm³/mol. The van der Waals surface area contributed by atoms with Crippen LogP contribution in [0.25, 0.3) is 0 Å². The van der Waals surface area contributed by atoms with Crippen LogP contribution in [0.2, 0.25) is 0 Å². The fraction of sp³-hybridized carbons (Fsp3) is 1.00. The lowest BCUT2D eigenvalue weighted by Crippen LogP contribution is -2.46. The van der Waals surface area contributed by atoms with Gasteiger partial charge in [0.1, 0.15) is 12.8 Å². The van der Waals surface area contributed by atoms with Crippen molar-refractivity contribution in [1.29, 1.82) is 0 Å². The Morgan fingerprint density at radius 2 is 2.20 bits per heavy atom. The van der Waals surface area contributed by atoms with Gasteiger partial charge in [-0.15, -0.1) is 28.3 Å². The smallest absolute Gasteiger partial charge is 0.375 e. The zero-order valence-electron chi connectivity index (χ0n) is 8.27. The Kier molecular flexibility index (Phi) is 6.03. The summed E-state index contributed by atoms with van der Waals surface area (Å²) in [6.07, 6.45) is -0.236. The van der Waals surface area contributed by atoms with E-state index in [1.165, 1.54) is 4.67 Å². The van der Waals surface area contributed by atoms with Crippen LogP contribution in [0.4, 0.5) is 0 Å². The average Bonchev–Trinajstić information content (AvgIpc) is 2.21. The van der Waals surface area contributed by atoms with Crippen molar-refractivity contribution >= 4 is 31.2 Å². The molecule has 0 radical (unpaired) electrons. The highest BCUT2D eigenvalue weighted by Crippen LogP contribution is 2.58. The number of nitrogens with zero attached hydrogens (tertiary/aromatic N) is 1. The lowest BCUT2D eigenvalue weighted by Gasteiger charge is -2.35. The third kappa shape index (κ3) is 3.65. The highest BCUT2D eigenvalue weighted by molar-refractivity contribution is 7.61. The Morgan fingerprint density at radius 1 is 1.47 bits per heavy atom. The van der Waals surface area contributed by atoms with Gasteiger partial charge < -0.3 is 5.11 Å². The molecule has 2 atom stereocenters. The second kappa shape index (κ2) is 6.52. The van der Waals surface area contributed by atoms with Crippen LogP contribution in [0.15, 0.2) is 0 Å². The molecule has 0 aromatic carbocycles. The Morgan fingerprint density at radius 3 is 2.80 bits per heavy atom. The van der Waals surface area contributed by atoms with E-state index in [4.69, 9.17) is 27.7 Å². The van der Waals surface area contributed by atoms with Gasteiger partial charge in [0.2, 0.25) is 0 Å². The van der Waals surface area contributed by atoms with E-state index in [0.717, 1.165) is 0 Å². The number of aliphatic hydroxyl groups is 1. The molecule has 1 heterocycles. The molecule has 1 fully saturated rings. The van der Waals surface area contributed by atoms with Crippen molar-refractivity contribution in [1.82, 2.24) is 9.76 Å². The van der Waals surface area contributed by atoms with Gasteiger partial charge in [-0.05, 0) is 0 Å². The van der Waals surface area contributed by atoms with Crippen molar-refractivity contribution in [2.75, 3.05) is 31.5 Å². The molecule has 1 aliphatic rings. The summed E-state index contributed by atoms with van der Waals surface area (Å²) in [6.45, 7) is 1.14. The Bertz CT molecular complexity index is 203. The molecule has 2 unspecified atom stereocenters. The molecule has 1 saturated heterocycles. The monoisotopic (exact) mass is 277 g/mol. The average molecular weight is 278 g/mol. The van der Waals surface area contributed by atoms with Crippen molar-refractivity contribution in [3.63, 3.8) is 0 Å². The molecule has 3 N–H and O–H groups in total. The van der Waals surface area contributed by atoms with Gasteiger partial charge >= 0.3 is 8.02 Å². The summed E-state index contributed by atoms with van der Waals surface area (Å²) in [5.41, 5.74) is 0. The first-order valence-electron chi connectivity index (χ1n) is 4.72. The van der Waals surface area contributed by atoms with E-state index in [9.17, 15) is 10.00 Å². The van der Waals surface area contributed by atoms with Crippen molar-refractivity contribution in [2.45, 2.75) is 12.6 Å². The number of alkyl halides is 2. The van der Waals surface area contributed by atoms with E-state index < -0.39 is 14.2 Å². The summed E-state index contributed by atoms with van der Waals surface area (Å²) >= 11 is 11.1. The quantitative estimate of drug-likeness (QED) is 0.512. The minimum Gasteiger partial charge on any atom is -0.375 e. The molecule has 0 aromatic rings. The van der Waals surface area contributed by atoms with Gasteiger partial charge in [-0.2, -0.15) is 9.42 Å². The summed E-state index contributed by atoms with van der Waals surface area (Å²) in [5.74, 6) is 0.696. The van der Waals surface area contributed by atoms with Crippen LogP contribution >= 0.6 is 31.2 Å². The third-order valence-corrected chi connectivity index (χ3v) is 4.76. The van der Waals surface area contributed by atoms with Gasteiger partial charge in [0, 0.05) is 18.2 Å². The molecule has 8 heteroatoms. The van der Waals surface area contributed by atoms with E-state index in [-0.39, 0.29) is 0 Å². The van der Waals surface area contributed by atoms with Gasteiger partial charge in [-0.3, -0.25) is 0 Å². The number of halogens is 2. The Labute approximate surface area is 99.9 Å². The molecule has 0 aliphatic carbocycles. The molecule has 0 aromatic heterocycles. The highest BCUT2D eigenvalue weighted by atomic mass is 35.5. The van der Waals surface area contributed by atoms with Gasteiger partial charge in [-0.25, -0.2) is 0 Å². The van der Waals surface area contributed by atoms with E-state index in [1.54, 1.807) is 0 Å². The summed E-state index contributed by atoms with van der Waals surface area (Å²) in [4.78, 5) is 10.2. The largest absolute Gasteiger partial charge is 0.433 e. The fourth-order valence-corrected chi connectivity index (χ4v) is 3.94. The summed E-state index contributed by atoms with van der Waals surface area (Å²) in [6, 6.07) is 0. The zero-order chi connectivity index (χ0) is 11.3. The number of aliphatic hydroxyl groups excluding tert-OH is 1. The van der Waals surface area contributed by atoms with E-state index in [0.29, 0.717) is 37.9 Å². The molecule has 1 aliphatic heterocycles. The zero-order valence-corrected chi connectivity index (χ0v) is 10.7. The summed E-state index contributed by atoms with van der Waals surface area (Å²) in [5, 5.41) is 12.5. The molecule has 0 saturated carbocycles. The molecule has 90 valence electrons. The normalized spacial score (nSPS) is 33.2. The van der Waals surface area contributed by atoms with Crippen molar-refractivity contribution in [3.05, 3.63) is 0 Å². The van der Waals surface area contributed by atoms with E-state index >= 15 is 0 Å². The van der Waals surface area contributed by atoms with Crippen LogP contribution < -0.4 is 5.09 Å². The number of hydrogen-bond acceptors (Lipinski definition) is 5. The number of hydrogen-bond donors (Lipinski definition) is 3. The van der Waals surface area contributed by atoms with Crippen molar-refractivity contribution in [2.24, 2.45) is 0 Å². The minimum atomic E-state index is -2.90. The molecule has 15 heavy (non-hydrogen) atoms. The van der Waals surface area contributed by atoms with Crippen LogP contribution in [0.3, 0.4) is 0 Å². The van der Waals surface area contributed by atoms with E-state index in [1.807, 2.05) is 0 Å². The summed E-state index contributed by atoms with van der Waals surface area (Å²) in [7, 11) is -2.90. The predicted octanol–water partition coefficient (Wildman–Crippen LogP) is 0.764. The summed E-state index contributed by atoms with van der Waals surface area (Å²) < 4.78 is 6.79. The number of nitrogens with one attached hydrogen (secondary N) is 1. The maximum atomic E-state index is 10.2. The number of rotatable bonds is 5. The van der Waals surface area contributed by atoms with Gasteiger partial charge in [0.05, 0.1) is 13.1 Å². The fourth-order valence-electron chi connectivity index (χ4n) is 1.38. The molecule has 5 nitrogen and oxygen atoms in total. The molecular weight excluding hydrogens is 262 g/mol. The van der Waals surface area contributed by atoms with Gasteiger partial charge in [-0.1, -0.05) is 4.67 Å². The lowest BCUT2D eigenvalue weighted by atomic mass is 10.4. The van der Waals surface area contributed by atoms with Crippen molar-refractivity contribution < 1.29 is 14.5 Å². The lowest BCUT2D eigenvalue weighted by molar-refractivity contribution is -0.00209.